The number of para-hydroxylation sites is 1. The van der Waals surface area contributed by atoms with Gasteiger partial charge in [0.05, 0.1) is 11.9 Å². The predicted octanol–water partition coefficient (Wildman–Crippen LogP) is 4.81. The molecule has 1 aliphatic rings. The maximum Gasteiger partial charge on any atom is 0.304 e. The number of halogens is 1. The molecule has 36 heavy (non-hydrogen) atoms. The van der Waals surface area contributed by atoms with Gasteiger partial charge in [-0.05, 0) is 48.7 Å². The van der Waals surface area contributed by atoms with Crippen LogP contribution in [0.1, 0.15) is 47.1 Å². The highest BCUT2D eigenvalue weighted by Gasteiger charge is 2.25. The summed E-state index contributed by atoms with van der Waals surface area (Å²) in [5, 5.41) is 18.1. The van der Waals surface area contributed by atoms with Crippen molar-refractivity contribution in [3.05, 3.63) is 88.2 Å². The van der Waals surface area contributed by atoms with E-state index in [0.29, 0.717) is 25.2 Å². The van der Waals surface area contributed by atoms with Crippen molar-refractivity contribution in [3.63, 3.8) is 0 Å². The summed E-state index contributed by atoms with van der Waals surface area (Å²) in [6.07, 6.45) is -0.152. The summed E-state index contributed by atoms with van der Waals surface area (Å²) in [7, 11) is 1.82. The fraction of sp³-hybridized carbons (Fsp3) is 0.321. The average molecular weight is 489 g/mol. The van der Waals surface area contributed by atoms with E-state index in [9.17, 15) is 9.90 Å². The lowest BCUT2D eigenvalue weighted by molar-refractivity contribution is -0.137. The van der Waals surface area contributed by atoms with E-state index in [1.54, 1.807) is 10.7 Å². The number of aliphatic carboxylic acids is 1. The molecule has 2 atom stereocenters. The summed E-state index contributed by atoms with van der Waals surface area (Å²) < 4.78 is 22.8. The fourth-order valence-electron chi connectivity index (χ4n) is 5.17. The molecule has 0 aliphatic carbocycles. The van der Waals surface area contributed by atoms with Gasteiger partial charge >= 0.3 is 5.97 Å². The highest BCUT2D eigenvalue weighted by molar-refractivity contribution is 5.80. The molecule has 1 aromatic heterocycles. The summed E-state index contributed by atoms with van der Waals surface area (Å²) in [6.45, 7) is 5.63. The third kappa shape index (κ3) is 4.68. The number of carboxylic acid groups (broad SMARTS) is 1. The lowest BCUT2D eigenvalue weighted by atomic mass is 9.85. The number of hydrogen-bond donors (Lipinski definition) is 1. The normalized spacial score (nSPS) is 16.8. The van der Waals surface area contributed by atoms with Crippen molar-refractivity contribution in [2.45, 2.75) is 45.4 Å². The molecule has 8 heteroatoms. The molecule has 0 spiro atoms. The second-order valence-electron chi connectivity index (χ2n) is 9.57. The first-order valence-electron chi connectivity index (χ1n) is 12.1. The predicted molar refractivity (Wildman–Crippen MR) is 134 cm³/mol. The van der Waals surface area contributed by atoms with Gasteiger partial charge in [0.25, 0.3) is 0 Å². The third-order valence-corrected chi connectivity index (χ3v) is 6.91. The van der Waals surface area contributed by atoms with Crippen molar-refractivity contribution in [2.75, 3.05) is 6.54 Å². The molecule has 0 saturated heterocycles. The Labute approximate surface area is 209 Å². The van der Waals surface area contributed by atoms with Crippen molar-refractivity contribution >= 4 is 17.0 Å². The van der Waals surface area contributed by atoms with Crippen LogP contribution in [0.5, 0.6) is 5.75 Å². The number of nitrogens with zero attached hydrogens (tertiary/aromatic N) is 4. The molecule has 3 aromatic carbocycles. The minimum atomic E-state index is -0.917. The van der Waals surface area contributed by atoms with Gasteiger partial charge in [0.2, 0.25) is 0 Å². The van der Waals surface area contributed by atoms with Crippen molar-refractivity contribution in [3.8, 4) is 5.75 Å². The summed E-state index contributed by atoms with van der Waals surface area (Å²) in [5.41, 5.74) is 5.72. The van der Waals surface area contributed by atoms with E-state index < -0.39 is 11.9 Å². The Morgan fingerprint density at radius 2 is 2.03 bits per heavy atom. The standard InChI is InChI=1S/C28H29FN4O3/c1-17-14-33(15-20-6-4-5-7-26(20)36-17)16-21-12-19(8-10-24(21)29)23(13-27(34)35)22-9-11-25-28(18(22)2)30-31-32(25)3/h4-12,17,23H,13-16H2,1-3H3,(H,34,35)/t17-,23?/m0/s1. The first kappa shape index (κ1) is 23.9. The van der Waals surface area contributed by atoms with Crippen LogP contribution in [0.3, 0.4) is 0 Å². The quantitative estimate of drug-likeness (QED) is 0.420. The van der Waals surface area contributed by atoms with Gasteiger partial charge in [0.15, 0.2) is 0 Å². The van der Waals surface area contributed by atoms with Gasteiger partial charge < -0.3 is 9.84 Å². The molecule has 1 unspecified atom stereocenters. The van der Waals surface area contributed by atoms with Crippen LogP contribution in [0.4, 0.5) is 4.39 Å². The number of benzene rings is 3. The van der Waals surface area contributed by atoms with Gasteiger partial charge in [-0.25, -0.2) is 9.07 Å². The Hall–Kier alpha value is -3.78. The fourth-order valence-corrected chi connectivity index (χ4v) is 5.17. The zero-order chi connectivity index (χ0) is 25.4. The number of carbonyl (C=O) groups is 1. The van der Waals surface area contributed by atoms with Crippen molar-refractivity contribution < 1.29 is 19.0 Å². The minimum absolute atomic E-state index is 0.0407. The van der Waals surface area contributed by atoms with Gasteiger partial charge in [0, 0.05) is 43.7 Å². The molecule has 7 nitrogen and oxygen atoms in total. The largest absolute Gasteiger partial charge is 0.489 e. The lowest BCUT2D eigenvalue weighted by Crippen LogP contribution is -2.30. The molecule has 4 aromatic rings. The molecule has 1 aliphatic heterocycles. The van der Waals surface area contributed by atoms with Crippen LogP contribution in [-0.4, -0.2) is 43.6 Å². The number of rotatable bonds is 6. The molecule has 1 N–H and O–H groups in total. The van der Waals surface area contributed by atoms with Crippen molar-refractivity contribution in [1.29, 1.82) is 0 Å². The summed E-state index contributed by atoms with van der Waals surface area (Å²) in [5.74, 6) is -0.807. The lowest BCUT2D eigenvalue weighted by Gasteiger charge is -2.24. The second-order valence-corrected chi connectivity index (χ2v) is 9.57. The number of carboxylic acids is 1. The average Bonchev–Trinajstić information content (AvgIpc) is 3.13. The smallest absolute Gasteiger partial charge is 0.304 e. The number of aryl methyl sites for hydroxylation is 2. The molecular weight excluding hydrogens is 459 g/mol. The van der Waals surface area contributed by atoms with Crippen LogP contribution in [0.25, 0.3) is 11.0 Å². The van der Waals surface area contributed by atoms with E-state index in [2.05, 4.69) is 15.2 Å². The van der Waals surface area contributed by atoms with Crippen LogP contribution in [-0.2, 0) is 24.9 Å². The van der Waals surface area contributed by atoms with E-state index in [1.165, 1.54) is 6.07 Å². The van der Waals surface area contributed by atoms with Gasteiger partial charge in [-0.3, -0.25) is 9.69 Å². The van der Waals surface area contributed by atoms with E-state index in [1.807, 2.05) is 63.4 Å². The molecule has 0 bridgehead atoms. The maximum absolute atomic E-state index is 15.0. The Kier molecular flexibility index (Phi) is 6.45. The van der Waals surface area contributed by atoms with Crippen LogP contribution in [0.2, 0.25) is 0 Å². The summed E-state index contributed by atoms with van der Waals surface area (Å²) in [4.78, 5) is 14.0. The molecule has 2 heterocycles. The third-order valence-electron chi connectivity index (χ3n) is 6.91. The van der Waals surface area contributed by atoms with Crippen LogP contribution < -0.4 is 4.74 Å². The molecule has 5 rings (SSSR count). The molecule has 0 amide bonds. The van der Waals surface area contributed by atoms with Gasteiger partial charge in [-0.2, -0.15) is 0 Å². The Morgan fingerprint density at radius 3 is 2.83 bits per heavy atom. The van der Waals surface area contributed by atoms with E-state index >= 15 is 4.39 Å². The SMILES string of the molecule is Cc1c(C(CC(=O)O)c2ccc(F)c(CN3Cc4ccccc4O[C@@H](C)C3)c2)ccc2c1nnn2C. The Morgan fingerprint density at radius 1 is 1.22 bits per heavy atom. The second kappa shape index (κ2) is 9.70. The zero-order valence-electron chi connectivity index (χ0n) is 20.6. The number of aromatic nitrogens is 3. The van der Waals surface area contributed by atoms with E-state index in [0.717, 1.165) is 39.0 Å². The molecular formula is C28H29FN4O3. The van der Waals surface area contributed by atoms with Crippen LogP contribution in [0.15, 0.2) is 54.6 Å². The number of hydrogen-bond acceptors (Lipinski definition) is 5. The van der Waals surface area contributed by atoms with Crippen molar-refractivity contribution in [1.82, 2.24) is 19.9 Å². The molecule has 186 valence electrons. The molecule has 0 fully saturated rings. The van der Waals surface area contributed by atoms with Gasteiger partial charge in [-0.15, -0.1) is 5.10 Å². The topological polar surface area (TPSA) is 80.5 Å². The van der Waals surface area contributed by atoms with E-state index in [4.69, 9.17) is 4.74 Å². The minimum Gasteiger partial charge on any atom is -0.489 e. The van der Waals surface area contributed by atoms with E-state index in [-0.39, 0.29) is 18.3 Å². The first-order valence-corrected chi connectivity index (χ1v) is 12.1. The zero-order valence-corrected chi connectivity index (χ0v) is 20.6. The Balaban J connectivity index is 1.50. The maximum atomic E-state index is 15.0. The highest BCUT2D eigenvalue weighted by Crippen LogP contribution is 2.34. The summed E-state index contributed by atoms with van der Waals surface area (Å²) in [6, 6.07) is 16.7. The van der Waals surface area contributed by atoms with Crippen LogP contribution in [0, 0.1) is 12.7 Å². The first-order chi connectivity index (χ1) is 17.3. The Bertz CT molecular complexity index is 1430. The summed E-state index contributed by atoms with van der Waals surface area (Å²) >= 11 is 0. The molecule has 0 radical (unpaired) electrons. The van der Waals surface area contributed by atoms with Gasteiger partial charge in [0.1, 0.15) is 23.2 Å². The van der Waals surface area contributed by atoms with Gasteiger partial charge in [-0.1, -0.05) is 41.6 Å². The highest BCUT2D eigenvalue weighted by atomic mass is 19.1. The van der Waals surface area contributed by atoms with Crippen molar-refractivity contribution in [2.24, 2.45) is 7.05 Å². The van der Waals surface area contributed by atoms with Crippen LogP contribution >= 0.6 is 0 Å². The number of ether oxygens (including phenoxy) is 1. The monoisotopic (exact) mass is 488 g/mol. The molecule has 0 saturated carbocycles. The number of fused-ring (bicyclic) bond motifs is 2.